The summed E-state index contributed by atoms with van der Waals surface area (Å²) in [5.41, 5.74) is 6.60. The maximum atomic E-state index is 11.9. The molecule has 1 aromatic carbocycles. The van der Waals surface area contributed by atoms with Gasteiger partial charge in [0.1, 0.15) is 6.54 Å². The number of alkyl halides is 3. The minimum Gasteiger partial charge on any atom is -0.393 e. The van der Waals surface area contributed by atoms with Crippen molar-refractivity contribution >= 4 is 28.9 Å². The second-order valence-corrected chi connectivity index (χ2v) is 4.29. The Labute approximate surface area is 113 Å². The minimum absolute atomic E-state index is 0.337. The molecule has 0 aromatic heterocycles. The van der Waals surface area contributed by atoms with E-state index in [-0.39, 0.29) is 0 Å². The van der Waals surface area contributed by atoms with Gasteiger partial charge < -0.3 is 16.4 Å². The maximum absolute atomic E-state index is 11.9. The molecule has 0 saturated heterocycles. The van der Waals surface area contributed by atoms with Crippen LogP contribution in [0.5, 0.6) is 0 Å². The second kappa shape index (κ2) is 6.37. The van der Waals surface area contributed by atoms with Gasteiger partial charge in [-0.15, -0.1) is 0 Å². The Hall–Kier alpha value is -1.83. The molecule has 4 N–H and O–H groups in total. The van der Waals surface area contributed by atoms with Crippen LogP contribution in [0.2, 0.25) is 0 Å². The molecule has 0 spiro atoms. The fourth-order valence-corrected chi connectivity index (χ4v) is 1.43. The van der Waals surface area contributed by atoms with Gasteiger partial charge in [-0.05, 0) is 17.7 Å². The average Bonchev–Trinajstić information content (AvgIpc) is 2.28. The van der Waals surface area contributed by atoms with E-state index >= 15 is 0 Å². The Morgan fingerprint density at radius 1 is 1.26 bits per heavy atom. The first-order valence-electron chi connectivity index (χ1n) is 5.25. The number of anilines is 1. The van der Waals surface area contributed by atoms with Crippen molar-refractivity contribution in [3.8, 4) is 0 Å². The van der Waals surface area contributed by atoms with E-state index in [2.05, 4.69) is 5.32 Å². The number of halogens is 3. The molecule has 0 aliphatic carbocycles. The van der Waals surface area contributed by atoms with E-state index in [0.717, 1.165) is 5.56 Å². The monoisotopic (exact) mass is 291 g/mol. The van der Waals surface area contributed by atoms with Gasteiger partial charge in [-0.25, -0.2) is 4.79 Å². The van der Waals surface area contributed by atoms with Gasteiger partial charge in [-0.1, -0.05) is 24.4 Å². The van der Waals surface area contributed by atoms with Gasteiger partial charge in [0, 0.05) is 12.1 Å². The van der Waals surface area contributed by atoms with E-state index in [1.807, 2.05) is 0 Å². The lowest BCUT2D eigenvalue weighted by molar-refractivity contribution is -0.122. The molecule has 8 heteroatoms. The smallest absolute Gasteiger partial charge is 0.393 e. The number of carbonyl (C=O) groups excluding carboxylic acids is 1. The molecule has 4 nitrogen and oxygen atoms in total. The van der Waals surface area contributed by atoms with Crippen LogP contribution in [-0.4, -0.2) is 23.7 Å². The molecule has 0 fully saturated rings. The molecule has 0 aliphatic rings. The number of urea groups is 1. The highest BCUT2D eigenvalue weighted by atomic mass is 32.1. The molecule has 0 radical (unpaired) electrons. The van der Waals surface area contributed by atoms with Crippen LogP contribution in [0.1, 0.15) is 5.56 Å². The molecule has 0 saturated carbocycles. The van der Waals surface area contributed by atoms with Crippen LogP contribution in [0.25, 0.3) is 0 Å². The van der Waals surface area contributed by atoms with Crippen LogP contribution in [0.3, 0.4) is 0 Å². The Morgan fingerprint density at radius 3 is 2.32 bits per heavy atom. The fourth-order valence-electron chi connectivity index (χ4n) is 1.26. The molecule has 0 aliphatic heterocycles. The lowest BCUT2D eigenvalue weighted by Crippen LogP contribution is -2.36. The van der Waals surface area contributed by atoms with E-state index in [4.69, 9.17) is 18.0 Å². The van der Waals surface area contributed by atoms with Gasteiger partial charge in [0.25, 0.3) is 0 Å². The summed E-state index contributed by atoms with van der Waals surface area (Å²) in [5.74, 6) is 0. The SMILES string of the molecule is NC(=S)Cc1ccc(NC(=O)NCC(F)(F)F)cc1. The van der Waals surface area contributed by atoms with Crippen LogP contribution in [-0.2, 0) is 6.42 Å². The molecule has 0 unspecified atom stereocenters. The van der Waals surface area contributed by atoms with Crippen LogP contribution in [0, 0.1) is 0 Å². The number of hydrogen-bond acceptors (Lipinski definition) is 2. The number of hydrogen-bond donors (Lipinski definition) is 3. The zero-order valence-corrected chi connectivity index (χ0v) is 10.6. The van der Waals surface area contributed by atoms with E-state index in [0.29, 0.717) is 17.1 Å². The van der Waals surface area contributed by atoms with Crippen molar-refractivity contribution in [2.75, 3.05) is 11.9 Å². The predicted molar refractivity (Wildman–Crippen MR) is 70.0 cm³/mol. The van der Waals surface area contributed by atoms with Gasteiger partial charge in [0.2, 0.25) is 0 Å². The Balaban J connectivity index is 2.49. The number of nitrogens with one attached hydrogen (secondary N) is 2. The molecular formula is C11H12F3N3OS. The van der Waals surface area contributed by atoms with E-state index < -0.39 is 18.8 Å². The average molecular weight is 291 g/mol. The van der Waals surface area contributed by atoms with Crippen molar-refractivity contribution in [1.29, 1.82) is 0 Å². The standard InChI is InChI=1S/C11H12F3N3OS/c12-11(13,14)6-16-10(18)17-8-3-1-7(2-4-8)5-9(15)19/h1-4H,5-6H2,(H2,15,19)(H2,16,17,18). The van der Waals surface area contributed by atoms with Crippen LogP contribution >= 0.6 is 12.2 Å². The Bertz CT molecular complexity index is 459. The number of nitrogens with two attached hydrogens (primary N) is 1. The second-order valence-electron chi connectivity index (χ2n) is 3.76. The van der Waals surface area contributed by atoms with Gasteiger partial charge >= 0.3 is 12.2 Å². The highest BCUT2D eigenvalue weighted by Gasteiger charge is 2.27. The van der Waals surface area contributed by atoms with Crippen molar-refractivity contribution in [1.82, 2.24) is 5.32 Å². The molecule has 0 atom stereocenters. The van der Waals surface area contributed by atoms with E-state index in [1.54, 1.807) is 29.6 Å². The number of benzene rings is 1. The summed E-state index contributed by atoms with van der Waals surface area (Å²) < 4.78 is 35.6. The Morgan fingerprint density at radius 2 is 1.84 bits per heavy atom. The fraction of sp³-hybridized carbons (Fsp3) is 0.273. The maximum Gasteiger partial charge on any atom is 0.405 e. The van der Waals surface area contributed by atoms with Gasteiger partial charge in [0.05, 0.1) is 4.99 Å². The number of rotatable bonds is 4. The van der Waals surface area contributed by atoms with Crippen molar-refractivity contribution < 1.29 is 18.0 Å². The third kappa shape index (κ3) is 6.61. The van der Waals surface area contributed by atoms with Crippen molar-refractivity contribution in [2.45, 2.75) is 12.6 Å². The van der Waals surface area contributed by atoms with Crippen molar-refractivity contribution in [3.63, 3.8) is 0 Å². The van der Waals surface area contributed by atoms with Crippen molar-refractivity contribution in [3.05, 3.63) is 29.8 Å². The summed E-state index contributed by atoms with van der Waals surface area (Å²) >= 11 is 4.74. The zero-order chi connectivity index (χ0) is 14.5. The van der Waals surface area contributed by atoms with Crippen LogP contribution < -0.4 is 16.4 Å². The molecule has 0 heterocycles. The molecule has 0 bridgehead atoms. The van der Waals surface area contributed by atoms with E-state index in [1.165, 1.54) is 0 Å². The van der Waals surface area contributed by atoms with Gasteiger partial charge in [0.15, 0.2) is 0 Å². The van der Waals surface area contributed by atoms with Gasteiger partial charge in [-0.2, -0.15) is 13.2 Å². The molecule has 19 heavy (non-hydrogen) atoms. The molecule has 1 rings (SSSR count). The summed E-state index contributed by atoms with van der Waals surface area (Å²) in [5, 5.41) is 3.98. The quantitative estimate of drug-likeness (QED) is 0.745. The van der Waals surface area contributed by atoms with Crippen LogP contribution in [0.15, 0.2) is 24.3 Å². The largest absolute Gasteiger partial charge is 0.405 e. The third-order valence-corrected chi connectivity index (χ3v) is 2.18. The first-order chi connectivity index (χ1) is 8.76. The van der Waals surface area contributed by atoms with E-state index in [9.17, 15) is 18.0 Å². The minimum atomic E-state index is -4.43. The summed E-state index contributed by atoms with van der Waals surface area (Å²) in [4.78, 5) is 11.5. The first kappa shape index (κ1) is 15.2. The summed E-state index contributed by atoms with van der Waals surface area (Å²) in [6.07, 6.45) is -4.01. The normalized spacial score (nSPS) is 10.9. The molecular weight excluding hydrogens is 279 g/mol. The lowest BCUT2D eigenvalue weighted by atomic mass is 10.1. The van der Waals surface area contributed by atoms with Crippen LogP contribution in [0.4, 0.5) is 23.7 Å². The summed E-state index contributed by atoms with van der Waals surface area (Å²) in [6.45, 7) is -1.38. The number of thiocarbonyl (C=S) groups is 1. The highest BCUT2D eigenvalue weighted by molar-refractivity contribution is 7.80. The topological polar surface area (TPSA) is 67.1 Å². The number of amides is 2. The summed E-state index contributed by atoms with van der Waals surface area (Å²) in [6, 6.07) is 5.55. The number of carbonyl (C=O) groups is 1. The first-order valence-corrected chi connectivity index (χ1v) is 5.66. The predicted octanol–water partition coefficient (Wildman–Crippen LogP) is 2.20. The molecule has 104 valence electrons. The third-order valence-electron chi connectivity index (χ3n) is 2.04. The molecule has 2 amide bonds. The lowest BCUT2D eigenvalue weighted by Gasteiger charge is -2.10. The molecule has 1 aromatic rings. The van der Waals surface area contributed by atoms with Gasteiger partial charge in [-0.3, -0.25) is 0 Å². The summed E-state index contributed by atoms with van der Waals surface area (Å²) in [7, 11) is 0. The highest BCUT2D eigenvalue weighted by Crippen LogP contribution is 2.13. The van der Waals surface area contributed by atoms with Crippen molar-refractivity contribution in [2.24, 2.45) is 5.73 Å². The zero-order valence-electron chi connectivity index (χ0n) is 9.75. The Kier molecular flexibility index (Phi) is 5.11.